The van der Waals surface area contributed by atoms with Crippen LogP contribution in [0, 0.1) is 12.3 Å². The van der Waals surface area contributed by atoms with Crippen molar-refractivity contribution < 1.29 is 9.90 Å². The maximum atomic E-state index is 11.4. The summed E-state index contributed by atoms with van der Waals surface area (Å²) in [6, 6.07) is 2.08. The van der Waals surface area contributed by atoms with Gasteiger partial charge >= 0.3 is 5.97 Å². The Morgan fingerprint density at radius 2 is 2.19 bits per heavy atom. The molecule has 0 bridgehead atoms. The SMILES string of the molecule is Cc1ccsc1C(N(C)C)C1(C(=O)O)CC1. The largest absolute Gasteiger partial charge is 0.481 e. The minimum absolute atomic E-state index is 0.0185. The highest BCUT2D eigenvalue weighted by molar-refractivity contribution is 7.10. The van der Waals surface area contributed by atoms with Gasteiger partial charge in [0.25, 0.3) is 0 Å². The molecule has 0 amide bonds. The molecule has 3 nitrogen and oxygen atoms in total. The van der Waals surface area contributed by atoms with Crippen LogP contribution in [0.3, 0.4) is 0 Å². The van der Waals surface area contributed by atoms with E-state index in [2.05, 4.69) is 13.0 Å². The molecule has 1 aliphatic carbocycles. The van der Waals surface area contributed by atoms with Crippen molar-refractivity contribution in [1.82, 2.24) is 4.90 Å². The van der Waals surface area contributed by atoms with Crippen molar-refractivity contribution in [2.24, 2.45) is 5.41 Å². The lowest BCUT2D eigenvalue weighted by atomic mass is 9.92. The van der Waals surface area contributed by atoms with Gasteiger partial charge in [0.05, 0.1) is 11.5 Å². The number of carboxylic acid groups (broad SMARTS) is 1. The van der Waals surface area contributed by atoms with Crippen LogP contribution in [-0.4, -0.2) is 30.1 Å². The van der Waals surface area contributed by atoms with Crippen LogP contribution in [-0.2, 0) is 4.79 Å². The van der Waals surface area contributed by atoms with Gasteiger partial charge in [0.1, 0.15) is 0 Å². The standard InChI is InChI=1S/C12H17NO2S/c1-8-4-7-16-9(8)10(13(2)3)12(5-6-12)11(14)15/h4,7,10H,5-6H2,1-3H3,(H,14,15). The minimum atomic E-state index is -0.654. The summed E-state index contributed by atoms with van der Waals surface area (Å²) >= 11 is 1.67. The zero-order valence-corrected chi connectivity index (χ0v) is 10.7. The van der Waals surface area contributed by atoms with Gasteiger partial charge in [0, 0.05) is 4.88 Å². The van der Waals surface area contributed by atoms with Gasteiger partial charge < -0.3 is 10.0 Å². The number of carboxylic acids is 1. The normalized spacial score (nSPS) is 19.8. The van der Waals surface area contributed by atoms with Crippen molar-refractivity contribution in [2.75, 3.05) is 14.1 Å². The van der Waals surface area contributed by atoms with Crippen LogP contribution in [0.4, 0.5) is 0 Å². The highest BCUT2D eigenvalue weighted by atomic mass is 32.1. The van der Waals surface area contributed by atoms with E-state index in [-0.39, 0.29) is 6.04 Å². The second-order valence-corrected chi connectivity index (χ2v) is 5.74. The van der Waals surface area contributed by atoms with Crippen LogP contribution in [0.25, 0.3) is 0 Å². The van der Waals surface area contributed by atoms with Gasteiger partial charge in [0.15, 0.2) is 0 Å². The van der Waals surface area contributed by atoms with E-state index in [1.807, 2.05) is 24.4 Å². The van der Waals surface area contributed by atoms with Gasteiger partial charge in [-0.1, -0.05) is 0 Å². The zero-order chi connectivity index (χ0) is 11.9. The third-order valence-electron chi connectivity index (χ3n) is 3.40. The fraction of sp³-hybridized carbons (Fsp3) is 0.583. The molecule has 4 heteroatoms. The Bertz CT molecular complexity index is 407. The average molecular weight is 239 g/mol. The van der Waals surface area contributed by atoms with Crippen LogP contribution in [0.5, 0.6) is 0 Å². The molecule has 0 saturated heterocycles. The summed E-state index contributed by atoms with van der Waals surface area (Å²) in [6.07, 6.45) is 1.59. The minimum Gasteiger partial charge on any atom is -0.481 e. The topological polar surface area (TPSA) is 40.5 Å². The number of hydrogen-bond acceptors (Lipinski definition) is 3. The molecule has 0 aliphatic heterocycles. The molecule has 1 heterocycles. The van der Waals surface area contributed by atoms with Gasteiger partial charge in [-0.3, -0.25) is 4.79 Å². The Hall–Kier alpha value is -0.870. The lowest BCUT2D eigenvalue weighted by Gasteiger charge is -2.29. The fourth-order valence-electron chi connectivity index (χ4n) is 2.38. The predicted octanol–water partition coefficient (Wildman–Crippen LogP) is 2.52. The molecule has 1 aromatic heterocycles. The van der Waals surface area contributed by atoms with Crippen molar-refractivity contribution in [3.8, 4) is 0 Å². The van der Waals surface area contributed by atoms with Gasteiger partial charge in [-0.05, 0) is 50.9 Å². The Kier molecular flexibility index (Phi) is 2.80. The Morgan fingerprint density at radius 3 is 2.50 bits per heavy atom. The second kappa shape index (κ2) is 3.86. The summed E-state index contributed by atoms with van der Waals surface area (Å²) in [7, 11) is 3.93. The Morgan fingerprint density at radius 1 is 1.56 bits per heavy atom. The molecule has 1 saturated carbocycles. The number of rotatable bonds is 4. The molecule has 16 heavy (non-hydrogen) atoms. The third kappa shape index (κ3) is 1.66. The molecule has 2 rings (SSSR count). The first kappa shape index (κ1) is 11.6. The maximum absolute atomic E-state index is 11.4. The first-order chi connectivity index (χ1) is 7.49. The van der Waals surface area contributed by atoms with E-state index in [9.17, 15) is 9.90 Å². The average Bonchev–Trinajstić information content (AvgIpc) is 2.87. The van der Waals surface area contributed by atoms with Crippen molar-refractivity contribution >= 4 is 17.3 Å². The highest BCUT2D eigenvalue weighted by Gasteiger charge is 2.58. The number of carbonyl (C=O) groups is 1. The predicted molar refractivity (Wildman–Crippen MR) is 64.8 cm³/mol. The Labute approximate surface area is 99.7 Å². The van der Waals surface area contributed by atoms with Gasteiger partial charge in [-0.15, -0.1) is 11.3 Å². The molecule has 1 atom stereocenters. The molecule has 1 aromatic rings. The molecular formula is C12H17NO2S. The van der Waals surface area contributed by atoms with Crippen molar-refractivity contribution in [3.63, 3.8) is 0 Å². The number of hydrogen-bond donors (Lipinski definition) is 1. The van der Waals surface area contributed by atoms with Crippen molar-refractivity contribution in [2.45, 2.75) is 25.8 Å². The highest BCUT2D eigenvalue weighted by Crippen LogP contribution is 2.58. The first-order valence-corrected chi connectivity index (χ1v) is 6.31. The van der Waals surface area contributed by atoms with Crippen molar-refractivity contribution in [1.29, 1.82) is 0 Å². The first-order valence-electron chi connectivity index (χ1n) is 5.43. The number of thiophene rings is 1. The number of aliphatic carboxylic acids is 1. The fourth-order valence-corrected chi connectivity index (χ4v) is 3.62. The smallest absolute Gasteiger partial charge is 0.311 e. The number of aryl methyl sites for hydroxylation is 1. The van der Waals surface area contributed by atoms with E-state index in [0.29, 0.717) is 0 Å². The zero-order valence-electron chi connectivity index (χ0n) is 9.86. The lowest BCUT2D eigenvalue weighted by Crippen LogP contribution is -2.33. The Balaban J connectivity index is 2.40. The summed E-state index contributed by atoms with van der Waals surface area (Å²) < 4.78 is 0. The van der Waals surface area contributed by atoms with E-state index >= 15 is 0 Å². The molecule has 1 fully saturated rings. The molecule has 88 valence electrons. The van der Waals surface area contributed by atoms with Crippen molar-refractivity contribution in [3.05, 3.63) is 21.9 Å². The summed E-state index contributed by atoms with van der Waals surface area (Å²) in [5, 5.41) is 11.4. The third-order valence-corrected chi connectivity index (χ3v) is 4.48. The monoisotopic (exact) mass is 239 g/mol. The summed E-state index contributed by atoms with van der Waals surface area (Å²) in [5.41, 5.74) is 0.662. The molecule has 0 radical (unpaired) electrons. The maximum Gasteiger partial charge on any atom is 0.311 e. The van der Waals surface area contributed by atoms with Crippen LogP contribution >= 0.6 is 11.3 Å². The van der Waals surface area contributed by atoms with Gasteiger partial charge in [0.2, 0.25) is 0 Å². The van der Waals surface area contributed by atoms with E-state index < -0.39 is 11.4 Å². The summed E-state index contributed by atoms with van der Waals surface area (Å²) in [6.45, 7) is 2.06. The van der Waals surface area contributed by atoms with Crippen LogP contribution < -0.4 is 0 Å². The van der Waals surface area contributed by atoms with Crippen LogP contribution in [0.2, 0.25) is 0 Å². The molecule has 1 aliphatic rings. The van der Waals surface area contributed by atoms with Crippen LogP contribution in [0.15, 0.2) is 11.4 Å². The molecule has 1 unspecified atom stereocenters. The molecule has 0 spiro atoms. The second-order valence-electron chi connectivity index (χ2n) is 4.80. The quantitative estimate of drug-likeness (QED) is 0.877. The van der Waals surface area contributed by atoms with Gasteiger partial charge in [-0.2, -0.15) is 0 Å². The van der Waals surface area contributed by atoms with Crippen LogP contribution in [0.1, 0.15) is 29.3 Å². The van der Waals surface area contributed by atoms with E-state index in [4.69, 9.17) is 0 Å². The lowest BCUT2D eigenvalue weighted by molar-refractivity contribution is -0.146. The molecule has 1 N–H and O–H groups in total. The van der Waals surface area contributed by atoms with E-state index in [1.165, 1.54) is 10.4 Å². The molecule has 0 aromatic carbocycles. The molecular weight excluding hydrogens is 222 g/mol. The van der Waals surface area contributed by atoms with E-state index in [0.717, 1.165) is 12.8 Å². The summed E-state index contributed by atoms with van der Waals surface area (Å²) in [5.74, 6) is -0.654. The number of nitrogens with zero attached hydrogens (tertiary/aromatic N) is 1. The van der Waals surface area contributed by atoms with Gasteiger partial charge in [-0.25, -0.2) is 0 Å². The summed E-state index contributed by atoms with van der Waals surface area (Å²) in [4.78, 5) is 14.7. The van der Waals surface area contributed by atoms with E-state index in [1.54, 1.807) is 11.3 Å².